The smallest absolute Gasteiger partial charge is 0.262 e. The number of nitrogens with one attached hydrogen (secondary N) is 1. The van der Waals surface area contributed by atoms with E-state index in [1.54, 1.807) is 11.3 Å². The molecule has 4 heteroatoms. The van der Waals surface area contributed by atoms with E-state index in [-0.39, 0.29) is 12.5 Å². The van der Waals surface area contributed by atoms with Gasteiger partial charge in [0.1, 0.15) is 5.75 Å². The third-order valence-corrected chi connectivity index (χ3v) is 4.15. The zero-order valence-corrected chi connectivity index (χ0v) is 12.2. The fourth-order valence-electron chi connectivity index (χ4n) is 2.23. The molecule has 0 atom stereocenters. The normalized spacial score (nSPS) is 14.0. The number of fused-ring (bicyclic) bond motifs is 1. The van der Waals surface area contributed by atoms with E-state index in [9.17, 15) is 4.79 Å². The van der Waals surface area contributed by atoms with E-state index in [4.69, 9.17) is 4.74 Å². The van der Waals surface area contributed by atoms with Crippen LogP contribution in [-0.2, 0) is 4.79 Å². The number of carbonyl (C=O) groups excluding carboxylic acids is 1. The Morgan fingerprint density at radius 3 is 2.80 bits per heavy atom. The molecule has 3 nitrogen and oxygen atoms in total. The number of aryl methyl sites for hydroxylation is 2. The summed E-state index contributed by atoms with van der Waals surface area (Å²) in [6, 6.07) is 4.01. The highest BCUT2D eigenvalue weighted by molar-refractivity contribution is 7.08. The summed E-state index contributed by atoms with van der Waals surface area (Å²) >= 11 is 1.70. The van der Waals surface area contributed by atoms with Gasteiger partial charge in [0.25, 0.3) is 5.91 Å². The fraction of sp³-hybridized carbons (Fsp3) is 0.188. The minimum atomic E-state index is -0.105. The van der Waals surface area contributed by atoms with Crippen LogP contribution < -0.4 is 10.1 Å². The molecule has 0 saturated carbocycles. The van der Waals surface area contributed by atoms with E-state index < -0.39 is 0 Å². The number of hydrogen-bond donors (Lipinski definition) is 1. The number of thiophene rings is 1. The van der Waals surface area contributed by atoms with Gasteiger partial charge >= 0.3 is 0 Å². The molecule has 1 aromatic heterocycles. The average molecular weight is 285 g/mol. The molecule has 1 aliphatic rings. The van der Waals surface area contributed by atoms with Crippen molar-refractivity contribution in [2.24, 2.45) is 0 Å². The first kappa shape index (κ1) is 12.9. The van der Waals surface area contributed by atoms with Gasteiger partial charge in [-0.15, -0.1) is 0 Å². The number of benzene rings is 1. The Balaban J connectivity index is 1.93. The van der Waals surface area contributed by atoms with E-state index in [0.717, 1.165) is 22.6 Å². The number of hydrogen-bond acceptors (Lipinski definition) is 3. The summed E-state index contributed by atoms with van der Waals surface area (Å²) in [6.07, 6.45) is 4.15. The van der Waals surface area contributed by atoms with Gasteiger partial charge in [0.2, 0.25) is 0 Å². The standard InChI is InChI=1S/C16H15NO2S/c1-10-5-12(3-4-13-9-20-8-11(13)2)6-14-16(10)19-7-15(18)17-14/h3-6,8-9H,7H2,1-2H3,(H,17,18)/b4-3+. The van der Waals surface area contributed by atoms with Crippen LogP contribution in [0.2, 0.25) is 0 Å². The van der Waals surface area contributed by atoms with Crippen LogP contribution in [0.15, 0.2) is 22.9 Å². The first-order valence-electron chi connectivity index (χ1n) is 6.41. The molecule has 0 bridgehead atoms. The molecule has 0 spiro atoms. The Labute approximate surface area is 121 Å². The lowest BCUT2D eigenvalue weighted by Gasteiger charge is -2.20. The van der Waals surface area contributed by atoms with Gasteiger partial charge in [0.05, 0.1) is 5.69 Å². The molecule has 1 N–H and O–H groups in total. The van der Waals surface area contributed by atoms with Crippen molar-refractivity contribution >= 4 is 35.1 Å². The molecule has 1 aromatic carbocycles. The first-order valence-corrected chi connectivity index (χ1v) is 7.36. The van der Waals surface area contributed by atoms with Crippen molar-refractivity contribution in [3.8, 4) is 5.75 Å². The van der Waals surface area contributed by atoms with Gasteiger partial charge in [-0.3, -0.25) is 4.79 Å². The molecule has 0 unspecified atom stereocenters. The predicted octanol–water partition coefficient (Wildman–Crippen LogP) is 3.87. The summed E-state index contributed by atoms with van der Waals surface area (Å²) in [4.78, 5) is 11.4. The number of amides is 1. The second kappa shape index (κ2) is 5.13. The lowest BCUT2D eigenvalue weighted by molar-refractivity contribution is -0.118. The SMILES string of the molecule is Cc1cscc1/C=C/c1cc(C)c2c(c1)NC(=O)CO2. The van der Waals surface area contributed by atoms with Crippen molar-refractivity contribution in [3.63, 3.8) is 0 Å². The van der Waals surface area contributed by atoms with Gasteiger partial charge in [-0.1, -0.05) is 12.2 Å². The molecule has 0 aliphatic carbocycles. The second-order valence-corrected chi connectivity index (χ2v) is 5.64. The third kappa shape index (κ3) is 2.47. The summed E-state index contributed by atoms with van der Waals surface area (Å²) in [5.41, 5.74) is 5.34. The van der Waals surface area contributed by atoms with Gasteiger partial charge in [0, 0.05) is 0 Å². The average Bonchev–Trinajstić information content (AvgIpc) is 2.81. The molecule has 0 fully saturated rings. The van der Waals surface area contributed by atoms with Crippen molar-refractivity contribution in [3.05, 3.63) is 45.1 Å². The monoisotopic (exact) mass is 285 g/mol. The van der Waals surface area contributed by atoms with Crippen LogP contribution in [0.5, 0.6) is 5.75 Å². The third-order valence-electron chi connectivity index (χ3n) is 3.27. The van der Waals surface area contributed by atoms with Crippen LogP contribution in [-0.4, -0.2) is 12.5 Å². The van der Waals surface area contributed by atoms with Crippen molar-refractivity contribution in [2.45, 2.75) is 13.8 Å². The summed E-state index contributed by atoms with van der Waals surface area (Å²) in [6.45, 7) is 4.18. The van der Waals surface area contributed by atoms with Crippen LogP contribution in [0.3, 0.4) is 0 Å². The van der Waals surface area contributed by atoms with E-state index in [0.29, 0.717) is 0 Å². The van der Waals surface area contributed by atoms with E-state index in [1.807, 2.05) is 13.0 Å². The maximum atomic E-state index is 11.4. The minimum absolute atomic E-state index is 0.0944. The molecule has 2 aromatic rings. The zero-order chi connectivity index (χ0) is 14.1. The van der Waals surface area contributed by atoms with Gasteiger partial charge in [-0.2, -0.15) is 11.3 Å². The van der Waals surface area contributed by atoms with Crippen molar-refractivity contribution in [1.82, 2.24) is 0 Å². The summed E-state index contributed by atoms with van der Waals surface area (Å²) < 4.78 is 5.46. The topological polar surface area (TPSA) is 38.3 Å². The maximum absolute atomic E-state index is 11.4. The molecule has 102 valence electrons. The quantitative estimate of drug-likeness (QED) is 0.909. The number of rotatable bonds is 2. The van der Waals surface area contributed by atoms with E-state index in [2.05, 4.69) is 41.2 Å². The molecular weight excluding hydrogens is 270 g/mol. The lowest BCUT2D eigenvalue weighted by atomic mass is 10.1. The Morgan fingerprint density at radius 2 is 2.05 bits per heavy atom. The predicted molar refractivity (Wildman–Crippen MR) is 83.3 cm³/mol. The van der Waals surface area contributed by atoms with E-state index >= 15 is 0 Å². The Morgan fingerprint density at radius 1 is 1.20 bits per heavy atom. The zero-order valence-electron chi connectivity index (χ0n) is 11.4. The number of ether oxygens (including phenoxy) is 1. The van der Waals surface area contributed by atoms with E-state index in [1.165, 1.54) is 11.1 Å². The van der Waals surface area contributed by atoms with Crippen LogP contribution >= 0.6 is 11.3 Å². The fourth-order valence-corrected chi connectivity index (χ4v) is 3.05. The van der Waals surface area contributed by atoms with Crippen molar-refractivity contribution in [2.75, 3.05) is 11.9 Å². The molecule has 0 saturated heterocycles. The molecule has 1 amide bonds. The van der Waals surface area contributed by atoms with Crippen LogP contribution in [0, 0.1) is 13.8 Å². The van der Waals surface area contributed by atoms with Gasteiger partial charge < -0.3 is 10.1 Å². The first-order chi connectivity index (χ1) is 9.63. The number of carbonyl (C=O) groups is 1. The molecule has 1 aliphatic heterocycles. The van der Waals surface area contributed by atoms with Gasteiger partial charge in [-0.05, 0) is 59.0 Å². The molecule has 3 rings (SSSR count). The van der Waals surface area contributed by atoms with Crippen LogP contribution in [0.4, 0.5) is 5.69 Å². The number of anilines is 1. The lowest BCUT2D eigenvalue weighted by Crippen LogP contribution is -2.25. The van der Waals surface area contributed by atoms with Gasteiger partial charge in [-0.25, -0.2) is 0 Å². The minimum Gasteiger partial charge on any atom is -0.481 e. The summed E-state index contributed by atoms with van der Waals surface area (Å²) in [5, 5.41) is 7.11. The van der Waals surface area contributed by atoms with Crippen molar-refractivity contribution in [1.29, 1.82) is 0 Å². The van der Waals surface area contributed by atoms with Crippen LogP contribution in [0.25, 0.3) is 12.2 Å². The maximum Gasteiger partial charge on any atom is 0.262 e. The highest BCUT2D eigenvalue weighted by Gasteiger charge is 2.18. The molecule has 2 heterocycles. The Kier molecular flexibility index (Phi) is 3.32. The van der Waals surface area contributed by atoms with Gasteiger partial charge in [0.15, 0.2) is 6.61 Å². The Bertz CT molecular complexity index is 700. The summed E-state index contributed by atoms with van der Waals surface area (Å²) in [7, 11) is 0. The highest BCUT2D eigenvalue weighted by atomic mass is 32.1. The Hall–Kier alpha value is -2.07. The molecular formula is C16H15NO2S. The molecule has 20 heavy (non-hydrogen) atoms. The second-order valence-electron chi connectivity index (χ2n) is 4.89. The van der Waals surface area contributed by atoms with Crippen molar-refractivity contribution < 1.29 is 9.53 Å². The van der Waals surface area contributed by atoms with Crippen LogP contribution in [0.1, 0.15) is 22.3 Å². The largest absolute Gasteiger partial charge is 0.481 e. The highest BCUT2D eigenvalue weighted by Crippen LogP contribution is 2.33. The summed E-state index contributed by atoms with van der Waals surface area (Å²) in [5.74, 6) is 0.667. The molecule has 0 radical (unpaired) electrons.